The molecule has 1 rings (SSSR count). The Hall–Kier alpha value is -1.71. The van der Waals surface area contributed by atoms with Crippen molar-refractivity contribution in [2.75, 3.05) is 11.9 Å². The van der Waals surface area contributed by atoms with Gasteiger partial charge >= 0.3 is 6.09 Å². The van der Waals surface area contributed by atoms with Crippen LogP contribution in [-0.2, 0) is 11.3 Å². The van der Waals surface area contributed by atoms with Crippen molar-refractivity contribution in [3.63, 3.8) is 0 Å². The van der Waals surface area contributed by atoms with Gasteiger partial charge in [-0.2, -0.15) is 0 Å². The minimum Gasteiger partial charge on any atom is -0.444 e. The number of anilines is 1. The Kier molecular flexibility index (Phi) is 8.27. The summed E-state index contributed by atoms with van der Waals surface area (Å²) in [6, 6.07) is 8.73. The van der Waals surface area contributed by atoms with Gasteiger partial charge < -0.3 is 15.0 Å². The van der Waals surface area contributed by atoms with Crippen LogP contribution in [0, 0.1) is 5.92 Å². The van der Waals surface area contributed by atoms with E-state index in [4.69, 9.17) is 4.74 Å². The van der Waals surface area contributed by atoms with Crippen LogP contribution < -0.4 is 5.32 Å². The first-order valence-electron chi connectivity index (χ1n) is 9.44. The van der Waals surface area contributed by atoms with Gasteiger partial charge in [0, 0.05) is 24.8 Å². The van der Waals surface area contributed by atoms with E-state index in [2.05, 4.69) is 44.3 Å². The molecule has 0 aliphatic heterocycles. The molecule has 142 valence electrons. The molecule has 4 nitrogen and oxygen atoms in total. The molecule has 0 radical (unpaired) electrons. The largest absolute Gasteiger partial charge is 0.444 e. The van der Waals surface area contributed by atoms with E-state index in [0.29, 0.717) is 19.1 Å². The molecular weight excluding hydrogens is 312 g/mol. The Labute approximate surface area is 153 Å². The van der Waals surface area contributed by atoms with Gasteiger partial charge in [-0.1, -0.05) is 26.0 Å². The molecule has 0 aromatic heterocycles. The highest BCUT2D eigenvalue weighted by atomic mass is 16.6. The zero-order valence-electron chi connectivity index (χ0n) is 17.1. The number of carbonyl (C=O) groups is 1. The van der Waals surface area contributed by atoms with Crippen LogP contribution in [-0.4, -0.2) is 29.2 Å². The number of carbonyl (C=O) groups excluding carboxylic acids is 1. The number of rotatable bonds is 8. The Morgan fingerprint density at radius 2 is 1.88 bits per heavy atom. The molecule has 0 aliphatic carbocycles. The van der Waals surface area contributed by atoms with Crippen molar-refractivity contribution in [3.8, 4) is 0 Å². The third-order valence-corrected chi connectivity index (χ3v) is 3.92. The highest BCUT2D eigenvalue weighted by Crippen LogP contribution is 2.17. The molecule has 25 heavy (non-hydrogen) atoms. The number of benzene rings is 1. The first kappa shape index (κ1) is 21.3. The Bertz CT molecular complexity index is 535. The fourth-order valence-electron chi connectivity index (χ4n) is 2.55. The smallest absolute Gasteiger partial charge is 0.410 e. The molecule has 0 fully saturated rings. The summed E-state index contributed by atoms with van der Waals surface area (Å²) in [5.41, 5.74) is 1.74. The summed E-state index contributed by atoms with van der Waals surface area (Å²) in [4.78, 5) is 14.0. The van der Waals surface area contributed by atoms with Crippen LogP contribution in [0.5, 0.6) is 0 Å². The van der Waals surface area contributed by atoms with Crippen LogP contribution in [0.2, 0.25) is 0 Å². The number of hydrogen-bond acceptors (Lipinski definition) is 3. The molecule has 1 aromatic carbocycles. The predicted molar refractivity (Wildman–Crippen MR) is 106 cm³/mol. The van der Waals surface area contributed by atoms with Crippen molar-refractivity contribution in [1.29, 1.82) is 0 Å². The second-order valence-electron chi connectivity index (χ2n) is 8.21. The maximum absolute atomic E-state index is 12.3. The zero-order chi connectivity index (χ0) is 19.0. The summed E-state index contributed by atoms with van der Waals surface area (Å²) in [5.74, 6) is 0.725. The third-order valence-electron chi connectivity index (χ3n) is 3.92. The van der Waals surface area contributed by atoms with Crippen LogP contribution in [0.15, 0.2) is 24.3 Å². The normalized spacial score (nSPS) is 12.8. The summed E-state index contributed by atoms with van der Waals surface area (Å²) >= 11 is 0. The predicted octanol–water partition coefficient (Wildman–Crippen LogP) is 5.68. The maximum atomic E-state index is 12.3. The van der Waals surface area contributed by atoms with Gasteiger partial charge in [-0.15, -0.1) is 0 Å². The second-order valence-corrected chi connectivity index (χ2v) is 8.21. The molecule has 1 N–H and O–H groups in total. The Morgan fingerprint density at radius 1 is 1.20 bits per heavy atom. The van der Waals surface area contributed by atoms with Gasteiger partial charge in [0.25, 0.3) is 0 Å². The van der Waals surface area contributed by atoms with Crippen LogP contribution >= 0.6 is 0 Å². The standard InChI is InChI=1S/C21H36N2O2/c1-8-23(20(24)25-21(5,6)7)15-18-10-9-11-19(14-18)22-17(4)13-12-16(2)3/h9-11,14,16-17,22H,8,12-13,15H2,1-7H3. The monoisotopic (exact) mass is 348 g/mol. The lowest BCUT2D eigenvalue weighted by Crippen LogP contribution is -2.36. The van der Waals surface area contributed by atoms with Gasteiger partial charge in [0.2, 0.25) is 0 Å². The highest BCUT2D eigenvalue weighted by molar-refractivity contribution is 5.68. The number of ether oxygens (including phenoxy) is 1. The molecule has 4 heteroatoms. The van der Waals surface area contributed by atoms with Crippen molar-refractivity contribution in [1.82, 2.24) is 4.90 Å². The lowest BCUT2D eigenvalue weighted by molar-refractivity contribution is 0.0244. The lowest BCUT2D eigenvalue weighted by atomic mass is 10.0. The fourth-order valence-corrected chi connectivity index (χ4v) is 2.55. The van der Waals surface area contributed by atoms with E-state index < -0.39 is 5.60 Å². The van der Waals surface area contributed by atoms with Gasteiger partial charge in [0.15, 0.2) is 0 Å². The molecule has 0 saturated heterocycles. The summed E-state index contributed by atoms with van der Waals surface area (Å²) in [6.07, 6.45) is 2.11. The molecule has 0 aliphatic rings. The third kappa shape index (κ3) is 8.80. The highest BCUT2D eigenvalue weighted by Gasteiger charge is 2.21. The topological polar surface area (TPSA) is 41.6 Å². The molecular formula is C21H36N2O2. The summed E-state index contributed by atoms with van der Waals surface area (Å²) in [6.45, 7) is 15.5. The summed E-state index contributed by atoms with van der Waals surface area (Å²) in [7, 11) is 0. The maximum Gasteiger partial charge on any atom is 0.410 e. The van der Waals surface area contributed by atoms with E-state index in [9.17, 15) is 4.79 Å². The van der Waals surface area contributed by atoms with Gasteiger partial charge in [0.05, 0.1) is 0 Å². The SMILES string of the molecule is CCN(Cc1cccc(NC(C)CCC(C)C)c1)C(=O)OC(C)(C)C. The average molecular weight is 349 g/mol. The molecule has 0 heterocycles. The van der Waals surface area contributed by atoms with Crippen molar-refractivity contribution >= 4 is 11.8 Å². The van der Waals surface area contributed by atoms with Crippen molar-refractivity contribution in [3.05, 3.63) is 29.8 Å². The van der Waals surface area contributed by atoms with Crippen molar-refractivity contribution in [2.24, 2.45) is 5.92 Å². The molecule has 1 aromatic rings. The van der Waals surface area contributed by atoms with E-state index in [1.165, 1.54) is 6.42 Å². The van der Waals surface area contributed by atoms with Crippen LogP contribution in [0.4, 0.5) is 10.5 Å². The molecule has 1 amide bonds. The van der Waals surface area contributed by atoms with Crippen LogP contribution in [0.25, 0.3) is 0 Å². The van der Waals surface area contributed by atoms with E-state index in [1.54, 1.807) is 4.90 Å². The van der Waals surface area contributed by atoms with Crippen molar-refractivity contribution < 1.29 is 9.53 Å². The molecule has 0 saturated carbocycles. The van der Waals surface area contributed by atoms with E-state index in [1.807, 2.05) is 33.8 Å². The molecule has 0 bridgehead atoms. The van der Waals surface area contributed by atoms with Crippen LogP contribution in [0.3, 0.4) is 0 Å². The number of hydrogen-bond donors (Lipinski definition) is 1. The lowest BCUT2D eigenvalue weighted by Gasteiger charge is -2.26. The van der Waals surface area contributed by atoms with E-state index in [-0.39, 0.29) is 6.09 Å². The molecule has 1 atom stereocenters. The minimum atomic E-state index is -0.472. The number of nitrogens with one attached hydrogen (secondary N) is 1. The summed E-state index contributed by atoms with van der Waals surface area (Å²) in [5, 5.41) is 3.56. The van der Waals surface area contributed by atoms with E-state index >= 15 is 0 Å². The van der Waals surface area contributed by atoms with Gasteiger partial charge in [-0.25, -0.2) is 4.79 Å². The molecule has 0 spiro atoms. The minimum absolute atomic E-state index is 0.265. The first-order chi connectivity index (χ1) is 11.6. The Balaban J connectivity index is 2.68. The number of amides is 1. The second kappa shape index (κ2) is 9.69. The fraction of sp³-hybridized carbons (Fsp3) is 0.667. The van der Waals surface area contributed by atoms with Gasteiger partial charge in [0.1, 0.15) is 5.60 Å². The van der Waals surface area contributed by atoms with Gasteiger partial charge in [-0.05, 0) is 71.1 Å². The van der Waals surface area contributed by atoms with Gasteiger partial charge in [-0.3, -0.25) is 0 Å². The average Bonchev–Trinajstić information content (AvgIpc) is 2.49. The molecule has 1 unspecified atom stereocenters. The first-order valence-corrected chi connectivity index (χ1v) is 9.44. The Morgan fingerprint density at radius 3 is 2.44 bits per heavy atom. The zero-order valence-corrected chi connectivity index (χ0v) is 17.1. The number of nitrogens with zero attached hydrogens (tertiary/aromatic N) is 1. The van der Waals surface area contributed by atoms with Crippen LogP contribution in [0.1, 0.15) is 66.9 Å². The summed E-state index contributed by atoms with van der Waals surface area (Å²) < 4.78 is 5.48. The quantitative estimate of drug-likeness (QED) is 0.657. The van der Waals surface area contributed by atoms with E-state index in [0.717, 1.165) is 23.6 Å². The van der Waals surface area contributed by atoms with Crippen molar-refractivity contribution in [2.45, 2.75) is 79.5 Å².